The topological polar surface area (TPSA) is 94.2 Å². The summed E-state index contributed by atoms with van der Waals surface area (Å²) in [5.41, 5.74) is 2.09. The highest BCUT2D eigenvalue weighted by Gasteiger charge is 2.32. The van der Waals surface area contributed by atoms with Crippen LogP contribution in [0.15, 0.2) is 36.4 Å². The summed E-state index contributed by atoms with van der Waals surface area (Å²) in [6, 6.07) is 9.18. The molecule has 0 heterocycles. The van der Waals surface area contributed by atoms with Crippen LogP contribution in [0.2, 0.25) is 0 Å². The Balaban J connectivity index is 2.39. The largest absolute Gasteiger partial charge is 0.497 e. The van der Waals surface area contributed by atoms with Crippen molar-refractivity contribution in [2.24, 2.45) is 0 Å². The molecule has 2 atom stereocenters. The van der Waals surface area contributed by atoms with Crippen LogP contribution in [-0.4, -0.2) is 48.0 Å². The highest BCUT2D eigenvalue weighted by Crippen LogP contribution is 2.35. The predicted octanol–water partition coefficient (Wildman–Crippen LogP) is 3.44. The number of carbonyl (C=O) groups excluding carboxylic acids is 1. The van der Waals surface area contributed by atoms with Gasteiger partial charge in [-0.25, -0.2) is 8.42 Å². The Labute approximate surface area is 190 Å². The number of ether oxygens (including phenoxy) is 3. The van der Waals surface area contributed by atoms with E-state index in [1.54, 1.807) is 26.2 Å². The molecule has 9 heteroatoms. The summed E-state index contributed by atoms with van der Waals surface area (Å²) in [5.74, 6) is 1.09. The van der Waals surface area contributed by atoms with Crippen LogP contribution in [0.4, 0.5) is 5.69 Å². The van der Waals surface area contributed by atoms with Crippen LogP contribution in [0, 0.1) is 6.92 Å². The molecule has 2 rings (SSSR count). The van der Waals surface area contributed by atoms with Crippen LogP contribution < -0.4 is 23.8 Å². The first-order valence-corrected chi connectivity index (χ1v) is 12.1. The van der Waals surface area contributed by atoms with E-state index in [1.807, 2.05) is 32.0 Å². The molecule has 0 saturated heterocycles. The average Bonchev–Trinajstić information content (AvgIpc) is 2.76. The molecule has 0 aromatic heterocycles. The molecular weight excluding hydrogens is 432 g/mol. The van der Waals surface area contributed by atoms with Crippen molar-refractivity contribution >= 4 is 21.6 Å². The molecule has 0 spiro atoms. The van der Waals surface area contributed by atoms with Gasteiger partial charge in [0.25, 0.3) is 0 Å². The van der Waals surface area contributed by atoms with Crippen molar-refractivity contribution in [2.75, 3.05) is 31.9 Å². The molecule has 0 aliphatic heterocycles. The first-order chi connectivity index (χ1) is 15.1. The van der Waals surface area contributed by atoms with E-state index in [-0.39, 0.29) is 11.7 Å². The van der Waals surface area contributed by atoms with Gasteiger partial charge < -0.3 is 19.5 Å². The molecule has 0 fully saturated rings. The first-order valence-electron chi connectivity index (χ1n) is 10.2. The molecule has 176 valence electrons. The lowest BCUT2D eigenvalue weighted by Gasteiger charge is -2.31. The first kappa shape index (κ1) is 25.3. The monoisotopic (exact) mass is 464 g/mol. The summed E-state index contributed by atoms with van der Waals surface area (Å²) in [6.07, 6.45) is 1.69. The van der Waals surface area contributed by atoms with Gasteiger partial charge >= 0.3 is 0 Å². The van der Waals surface area contributed by atoms with Gasteiger partial charge in [-0.2, -0.15) is 0 Å². The van der Waals surface area contributed by atoms with E-state index < -0.39 is 22.0 Å². The van der Waals surface area contributed by atoms with E-state index in [0.717, 1.165) is 27.4 Å². The standard InChI is InChI=1S/C23H32N2O6S/c1-8-19(17-9-11-21(30-5)15(2)13-17)24-23(26)16(3)25(32(7,27)28)20-14-18(29-4)10-12-22(20)31-6/h9-14,16,19H,8H2,1-7H3,(H,24,26)/t16-,19-/m1/s1. The van der Waals surface area contributed by atoms with Crippen molar-refractivity contribution < 1.29 is 27.4 Å². The van der Waals surface area contributed by atoms with Gasteiger partial charge in [0.15, 0.2) is 0 Å². The number of carbonyl (C=O) groups is 1. The molecule has 8 nitrogen and oxygen atoms in total. The maximum atomic E-state index is 13.2. The van der Waals surface area contributed by atoms with E-state index >= 15 is 0 Å². The highest BCUT2D eigenvalue weighted by molar-refractivity contribution is 7.92. The Morgan fingerprint density at radius 2 is 1.66 bits per heavy atom. The third kappa shape index (κ3) is 5.64. The van der Waals surface area contributed by atoms with Crippen LogP contribution >= 0.6 is 0 Å². The molecule has 0 bridgehead atoms. The van der Waals surface area contributed by atoms with Gasteiger partial charge in [-0.05, 0) is 49.6 Å². The lowest BCUT2D eigenvalue weighted by Crippen LogP contribution is -2.48. The lowest BCUT2D eigenvalue weighted by atomic mass is 10.0. The van der Waals surface area contributed by atoms with E-state index in [0.29, 0.717) is 17.9 Å². The Bertz CT molecular complexity index is 1050. The normalized spacial score (nSPS) is 13.1. The molecular formula is C23H32N2O6S. The molecule has 2 aromatic rings. The number of amides is 1. The highest BCUT2D eigenvalue weighted by atomic mass is 32.2. The van der Waals surface area contributed by atoms with Crippen LogP contribution in [0.25, 0.3) is 0 Å². The predicted molar refractivity (Wildman–Crippen MR) is 125 cm³/mol. The maximum absolute atomic E-state index is 13.2. The van der Waals surface area contributed by atoms with Crippen LogP contribution in [0.3, 0.4) is 0 Å². The van der Waals surface area contributed by atoms with Gasteiger partial charge in [0.2, 0.25) is 15.9 Å². The van der Waals surface area contributed by atoms with E-state index in [9.17, 15) is 13.2 Å². The Hall–Kier alpha value is -2.94. The number of sulfonamides is 1. The number of hydrogen-bond acceptors (Lipinski definition) is 6. The van der Waals surface area contributed by atoms with Crippen molar-refractivity contribution in [1.82, 2.24) is 5.32 Å². The second kappa shape index (κ2) is 10.6. The summed E-state index contributed by atoms with van der Waals surface area (Å²) >= 11 is 0. The molecule has 0 aliphatic carbocycles. The van der Waals surface area contributed by atoms with Gasteiger partial charge in [0.1, 0.15) is 23.3 Å². The van der Waals surface area contributed by atoms with Crippen molar-refractivity contribution in [3.05, 3.63) is 47.5 Å². The smallest absolute Gasteiger partial charge is 0.244 e. The SMILES string of the molecule is CC[C@@H](NC(=O)[C@@H](C)N(c1cc(OC)ccc1OC)S(C)(=O)=O)c1ccc(OC)c(C)c1. The lowest BCUT2D eigenvalue weighted by molar-refractivity contribution is -0.122. The van der Waals surface area contributed by atoms with Crippen LogP contribution in [0.1, 0.15) is 37.4 Å². The fourth-order valence-corrected chi connectivity index (χ4v) is 4.75. The fourth-order valence-electron chi connectivity index (χ4n) is 3.58. The number of hydrogen-bond donors (Lipinski definition) is 1. The third-order valence-corrected chi connectivity index (χ3v) is 6.49. The van der Waals surface area contributed by atoms with Crippen molar-refractivity contribution in [3.63, 3.8) is 0 Å². The van der Waals surface area contributed by atoms with Gasteiger partial charge in [-0.1, -0.05) is 19.1 Å². The second-order valence-corrected chi connectivity index (χ2v) is 9.33. The molecule has 2 aromatic carbocycles. The van der Waals surface area contributed by atoms with Crippen molar-refractivity contribution in [2.45, 2.75) is 39.3 Å². The second-order valence-electron chi connectivity index (χ2n) is 7.47. The maximum Gasteiger partial charge on any atom is 0.244 e. The number of nitrogens with zero attached hydrogens (tertiary/aromatic N) is 1. The zero-order valence-electron chi connectivity index (χ0n) is 19.6. The number of benzene rings is 2. The molecule has 0 aliphatic rings. The number of aryl methyl sites for hydroxylation is 1. The van der Waals surface area contributed by atoms with Crippen LogP contribution in [0.5, 0.6) is 17.2 Å². The van der Waals surface area contributed by atoms with Gasteiger partial charge in [0, 0.05) is 6.07 Å². The summed E-state index contributed by atoms with van der Waals surface area (Å²) in [5, 5.41) is 2.98. The summed E-state index contributed by atoms with van der Waals surface area (Å²) in [4.78, 5) is 13.2. The van der Waals surface area contributed by atoms with Crippen LogP contribution in [-0.2, 0) is 14.8 Å². The Morgan fingerprint density at radius 1 is 1.03 bits per heavy atom. The van der Waals surface area contributed by atoms with E-state index in [4.69, 9.17) is 14.2 Å². The molecule has 1 N–H and O–H groups in total. The van der Waals surface area contributed by atoms with Gasteiger partial charge in [-0.15, -0.1) is 0 Å². The minimum absolute atomic E-state index is 0.227. The molecule has 1 amide bonds. The third-order valence-electron chi connectivity index (χ3n) is 5.26. The number of methoxy groups -OCH3 is 3. The van der Waals surface area contributed by atoms with E-state index in [2.05, 4.69) is 5.32 Å². The Kier molecular flexibility index (Phi) is 8.38. The minimum Gasteiger partial charge on any atom is -0.497 e. The zero-order chi connectivity index (χ0) is 24.1. The van der Waals surface area contributed by atoms with Crippen molar-refractivity contribution in [3.8, 4) is 17.2 Å². The summed E-state index contributed by atoms with van der Waals surface area (Å²) in [7, 11) is 0.706. The number of anilines is 1. The van der Waals surface area contributed by atoms with E-state index in [1.165, 1.54) is 20.3 Å². The number of nitrogens with one attached hydrogen (secondary N) is 1. The molecule has 32 heavy (non-hydrogen) atoms. The Morgan fingerprint density at radius 3 is 2.16 bits per heavy atom. The minimum atomic E-state index is -3.82. The van der Waals surface area contributed by atoms with Gasteiger partial charge in [-0.3, -0.25) is 9.10 Å². The fraction of sp³-hybridized carbons (Fsp3) is 0.435. The summed E-state index contributed by atoms with van der Waals surface area (Å²) < 4.78 is 42.4. The van der Waals surface area contributed by atoms with Crippen molar-refractivity contribution in [1.29, 1.82) is 0 Å². The zero-order valence-corrected chi connectivity index (χ0v) is 20.4. The number of rotatable bonds is 10. The molecule has 0 saturated carbocycles. The van der Waals surface area contributed by atoms with Gasteiger partial charge in [0.05, 0.1) is 39.3 Å². The quantitative estimate of drug-likeness (QED) is 0.579. The summed E-state index contributed by atoms with van der Waals surface area (Å²) in [6.45, 7) is 5.43. The molecule has 0 unspecified atom stereocenters. The molecule has 0 radical (unpaired) electrons. The average molecular weight is 465 g/mol.